The Morgan fingerprint density at radius 3 is 2.39 bits per heavy atom. The smallest absolute Gasteiger partial charge is 0.391 e. The number of nitrogens with zero attached hydrogens (tertiary/aromatic N) is 4. The van der Waals surface area contributed by atoms with Gasteiger partial charge < -0.3 is 19.9 Å². The summed E-state index contributed by atoms with van der Waals surface area (Å²) >= 11 is 0. The maximum absolute atomic E-state index is 12.5. The number of piperazine rings is 1. The van der Waals surface area contributed by atoms with Crippen LogP contribution in [0.4, 0.5) is 16.3 Å². The molecule has 31 heavy (non-hydrogen) atoms. The number of aryl methyl sites for hydroxylation is 1. The van der Waals surface area contributed by atoms with Crippen LogP contribution in [-0.2, 0) is 0 Å². The number of carbonyl (C=O) groups excluding carboxylic acids is 2. The summed E-state index contributed by atoms with van der Waals surface area (Å²) in [5, 5.41) is 2.76. The van der Waals surface area contributed by atoms with Crippen LogP contribution in [0.2, 0.25) is 0 Å². The highest BCUT2D eigenvalue weighted by Crippen LogP contribution is 2.17. The highest BCUT2D eigenvalue weighted by atomic mass is 16.6. The van der Waals surface area contributed by atoms with Gasteiger partial charge >= 0.3 is 6.09 Å². The Balaban J connectivity index is 1.28. The summed E-state index contributed by atoms with van der Waals surface area (Å²) in [6.07, 6.45) is 1.02. The Hall–Kier alpha value is -3.94. The Bertz CT molecular complexity index is 1050. The third-order valence-electron chi connectivity index (χ3n) is 4.96. The fraction of sp³-hybridized carbons (Fsp3) is 0.217. The number of hydrogen-bond acceptors (Lipinski definition) is 6. The number of rotatable bonds is 4. The number of nitrogens with one attached hydrogen (secondary N) is 1. The van der Waals surface area contributed by atoms with Gasteiger partial charge in [0.25, 0.3) is 5.91 Å². The number of ether oxygens (including phenoxy) is 1. The molecule has 1 saturated heterocycles. The lowest BCUT2D eigenvalue weighted by Gasteiger charge is -2.34. The normalized spacial score (nSPS) is 13.6. The molecule has 1 fully saturated rings. The average Bonchev–Trinajstić information content (AvgIpc) is 2.81. The van der Waals surface area contributed by atoms with Crippen molar-refractivity contribution >= 4 is 23.5 Å². The average molecular weight is 417 g/mol. The van der Waals surface area contributed by atoms with Gasteiger partial charge in [0.15, 0.2) is 0 Å². The van der Waals surface area contributed by atoms with E-state index in [1.54, 1.807) is 41.3 Å². The van der Waals surface area contributed by atoms with Crippen molar-refractivity contribution in [2.45, 2.75) is 6.92 Å². The van der Waals surface area contributed by atoms with Crippen LogP contribution in [0.25, 0.3) is 0 Å². The highest BCUT2D eigenvalue weighted by Gasteiger charge is 2.23. The highest BCUT2D eigenvalue weighted by molar-refractivity contribution is 6.04. The maximum Gasteiger partial charge on any atom is 0.416 e. The summed E-state index contributed by atoms with van der Waals surface area (Å²) in [6, 6.07) is 18.0. The Morgan fingerprint density at radius 2 is 1.71 bits per heavy atom. The molecule has 1 aliphatic rings. The summed E-state index contributed by atoms with van der Waals surface area (Å²) < 4.78 is 5.39. The van der Waals surface area contributed by atoms with Crippen molar-refractivity contribution in [3.8, 4) is 5.88 Å². The summed E-state index contributed by atoms with van der Waals surface area (Å²) in [4.78, 5) is 37.1. The molecule has 2 amide bonds. The van der Waals surface area contributed by atoms with E-state index in [2.05, 4.69) is 20.2 Å². The molecule has 0 bridgehead atoms. The largest absolute Gasteiger partial charge is 0.416 e. The van der Waals surface area contributed by atoms with Crippen LogP contribution in [0.5, 0.6) is 5.88 Å². The number of pyridine rings is 2. The lowest BCUT2D eigenvalue weighted by molar-refractivity contribution is 0.102. The van der Waals surface area contributed by atoms with Crippen LogP contribution in [0.15, 0.2) is 66.9 Å². The van der Waals surface area contributed by atoms with Crippen LogP contribution in [-0.4, -0.2) is 53.0 Å². The van der Waals surface area contributed by atoms with Crippen molar-refractivity contribution in [2.24, 2.45) is 0 Å². The maximum atomic E-state index is 12.5. The van der Waals surface area contributed by atoms with E-state index in [9.17, 15) is 9.59 Å². The van der Waals surface area contributed by atoms with E-state index in [1.807, 2.05) is 31.2 Å². The van der Waals surface area contributed by atoms with E-state index in [0.29, 0.717) is 37.4 Å². The van der Waals surface area contributed by atoms with Crippen LogP contribution >= 0.6 is 0 Å². The molecule has 3 heterocycles. The Labute approximate surface area is 180 Å². The zero-order chi connectivity index (χ0) is 21.6. The summed E-state index contributed by atoms with van der Waals surface area (Å²) in [5.41, 5.74) is 2.04. The predicted molar refractivity (Wildman–Crippen MR) is 117 cm³/mol. The zero-order valence-electron chi connectivity index (χ0n) is 17.2. The summed E-state index contributed by atoms with van der Waals surface area (Å²) in [7, 11) is 0. The van der Waals surface area contributed by atoms with E-state index in [-0.39, 0.29) is 11.8 Å². The van der Waals surface area contributed by atoms with E-state index in [1.165, 1.54) is 6.20 Å². The van der Waals surface area contributed by atoms with Gasteiger partial charge in [-0.15, -0.1) is 0 Å². The molecule has 1 N–H and O–H groups in total. The number of aromatic nitrogens is 2. The van der Waals surface area contributed by atoms with Crippen molar-refractivity contribution in [1.29, 1.82) is 0 Å². The fourth-order valence-corrected chi connectivity index (χ4v) is 3.28. The van der Waals surface area contributed by atoms with E-state index in [0.717, 1.165) is 11.5 Å². The molecule has 0 spiro atoms. The quantitative estimate of drug-likeness (QED) is 0.700. The molecule has 1 aromatic carbocycles. The van der Waals surface area contributed by atoms with Crippen molar-refractivity contribution in [2.75, 3.05) is 36.4 Å². The van der Waals surface area contributed by atoms with Gasteiger partial charge in [0, 0.05) is 43.5 Å². The molecule has 0 saturated carbocycles. The second-order valence-corrected chi connectivity index (χ2v) is 7.18. The van der Waals surface area contributed by atoms with Crippen LogP contribution < -0.4 is 15.0 Å². The van der Waals surface area contributed by atoms with E-state index >= 15 is 0 Å². The fourth-order valence-electron chi connectivity index (χ4n) is 3.28. The van der Waals surface area contributed by atoms with Crippen LogP contribution in [0.1, 0.15) is 16.1 Å². The molecule has 2 aromatic heterocycles. The number of amides is 2. The lowest BCUT2D eigenvalue weighted by atomic mass is 10.2. The van der Waals surface area contributed by atoms with Crippen LogP contribution in [0.3, 0.4) is 0 Å². The monoisotopic (exact) mass is 417 g/mol. The molecule has 8 heteroatoms. The Kier molecular flexibility index (Phi) is 6.07. The van der Waals surface area contributed by atoms with Crippen LogP contribution in [0, 0.1) is 6.92 Å². The minimum atomic E-state index is -0.439. The van der Waals surface area contributed by atoms with E-state index in [4.69, 9.17) is 4.74 Å². The molecular weight excluding hydrogens is 394 g/mol. The molecule has 0 radical (unpaired) electrons. The van der Waals surface area contributed by atoms with Gasteiger partial charge in [0.1, 0.15) is 5.82 Å². The van der Waals surface area contributed by atoms with Crippen molar-refractivity contribution < 1.29 is 14.3 Å². The zero-order valence-corrected chi connectivity index (χ0v) is 17.2. The molecule has 0 aliphatic carbocycles. The van der Waals surface area contributed by atoms with Crippen molar-refractivity contribution in [1.82, 2.24) is 14.9 Å². The summed E-state index contributed by atoms with van der Waals surface area (Å²) in [5.74, 6) is 0.876. The SMILES string of the molecule is Cc1cccc(N2CCN(C(=O)Oc3ccc(NC(=O)c4ccccc4)cn3)CC2)n1. The third kappa shape index (κ3) is 5.16. The summed E-state index contributed by atoms with van der Waals surface area (Å²) in [6.45, 7) is 4.41. The molecule has 3 aromatic rings. The van der Waals surface area contributed by atoms with Gasteiger partial charge in [-0.1, -0.05) is 24.3 Å². The minimum absolute atomic E-state index is 0.186. The van der Waals surface area contributed by atoms with Gasteiger partial charge in [-0.3, -0.25) is 4.79 Å². The number of carbonyl (C=O) groups is 2. The Morgan fingerprint density at radius 1 is 0.935 bits per heavy atom. The van der Waals surface area contributed by atoms with Gasteiger partial charge in [-0.2, -0.15) is 0 Å². The first-order chi connectivity index (χ1) is 15.1. The van der Waals surface area contributed by atoms with Gasteiger partial charge in [-0.25, -0.2) is 14.8 Å². The van der Waals surface area contributed by atoms with Gasteiger partial charge in [0.05, 0.1) is 11.9 Å². The van der Waals surface area contributed by atoms with Gasteiger partial charge in [-0.05, 0) is 37.3 Å². The molecule has 0 atom stereocenters. The molecule has 8 nitrogen and oxygen atoms in total. The molecular formula is C23H23N5O3. The first-order valence-electron chi connectivity index (χ1n) is 10.1. The van der Waals surface area contributed by atoms with E-state index < -0.39 is 6.09 Å². The van der Waals surface area contributed by atoms with Gasteiger partial charge in [0.2, 0.25) is 5.88 Å². The molecule has 4 rings (SSSR count). The lowest BCUT2D eigenvalue weighted by Crippen LogP contribution is -2.50. The second-order valence-electron chi connectivity index (χ2n) is 7.18. The first-order valence-corrected chi connectivity index (χ1v) is 10.1. The van der Waals surface area contributed by atoms with Crippen molar-refractivity contribution in [3.05, 3.63) is 78.1 Å². The molecule has 158 valence electrons. The minimum Gasteiger partial charge on any atom is -0.391 e. The predicted octanol–water partition coefficient (Wildman–Crippen LogP) is 3.36. The van der Waals surface area contributed by atoms with Crippen molar-refractivity contribution in [3.63, 3.8) is 0 Å². The number of benzene rings is 1. The molecule has 0 unspecified atom stereocenters. The third-order valence-corrected chi connectivity index (χ3v) is 4.96. The second kappa shape index (κ2) is 9.25. The number of hydrogen-bond donors (Lipinski definition) is 1. The standard InChI is InChI=1S/C23H23N5O3/c1-17-6-5-9-20(25-17)27-12-14-28(15-13-27)23(30)31-21-11-10-19(16-24-21)26-22(29)18-7-3-2-4-8-18/h2-11,16H,12-15H2,1H3,(H,26,29). The molecule has 1 aliphatic heterocycles. The topological polar surface area (TPSA) is 87.7 Å². The number of anilines is 2. The first kappa shape index (κ1) is 20.3.